The third-order valence-electron chi connectivity index (χ3n) is 4.36. The number of carbonyl (C=O) groups is 1. The molecule has 1 aliphatic rings. The van der Waals surface area contributed by atoms with Crippen molar-refractivity contribution in [3.63, 3.8) is 0 Å². The minimum Gasteiger partial charge on any atom is -0.444 e. The van der Waals surface area contributed by atoms with E-state index in [2.05, 4.69) is 11.9 Å². The first-order chi connectivity index (χ1) is 11.7. The molecule has 0 radical (unpaired) electrons. The first kappa shape index (κ1) is 19.8. The van der Waals surface area contributed by atoms with Crippen LogP contribution in [0.2, 0.25) is 0 Å². The zero-order valence-corrected chi connectivity index (χ0v) is 15.9. The number of hydrogen-bond acceptors (Lipinski definition) is 5. The van der Waals surface area contributed by atoms with Gasteiger partial charge in [-0.1, -0.05) is 18.2 Å². The first-order valence-electron chi connectivity index (χ1n) is 8.24. The summed E-state index contributed by atoms with van der Waals surface area (Å²) >= 11 is 1.58. The summed E-state index contributed by atoms with van der Waals surface area (Å²) in [5, 5.41) is 0. The van der Waals surface area contributed by atoms with Crippen molar-refractivity contribution < 1.29 is 9.21 Å². The van der Waals surface area contributed by atoms with Gasteiger partial charge in [0.1, 0.15) is 6.26 Å². The van der Waals surface area contributed by atoms with E-state index in [1.165, 1.54) is 0 Å². The molecule has 2 N–H and O–H groups in total. The molecule has 2 aromatic rings. The van der Waals surface area contributed by atoms with Crippen LogP contribution in [0, 0.1) is 5.92 Å². The molecule has 0 saturated carbocycles. The smallest absolute Gasteiger partial charge is 0.232 e. The van der Waals surface area contributed by atoms with Gasteiger partial charge in [-0.2, -0.15) is 0 Å². The van der Waals surface area contributed by atoms with Gasteiger partial charge in [0.2, 0.25) is 11.8 Å². The minimum absolute atomic E-state index is 0. The van der Waals surface area contributed by atoms with E-state index >= 15 is 0 Å². The van der Waals surface area contributed by atoms with Crippen molar-refractivity contribution in [2.24, 2.45) is 11.7 Å². The molecule has 7 heteroatoms. The highest BCUT2D eigenvalue weighted by atomic mass is 35.5. The third-order valence-corrected chi connectivity index (χ3v) is 5.31. The molecule has 2 atom stereocenters. The van der Waals surface area contributed by atoms with Crippen molar-refractivity contribution in [1.29, 1.82) is 0 Å². The van der Waals surface area contributed by atoms with Crippen LogP contribution in [0.5, 0.6) is 0 Å². The Labute approximate surface area is 158 Å². The van der Waals surface area contributed by atoms with Crippen LogP contribution in [0.25, 0.3) is 11.5 Å². The number of nitrogens with two attached hydrogens (primary N) is 1. The Morgan fingerprint density at radius 2 is 2.16 bits per heavy atom. The largest absolute Gasteiger partial charge is 0.444 e. The van der Waals surface area contributed by atoms with Gasteiger partial charge in [0.15, 0.2) is 0 Å². The van der Waals surface area contributed by atoms with E-state index in [9.17, 15) is 4.79 Å². The van der Waals surface area contributed by atoms with Gasteiger partial charge in [-0.05, 0) is 37.9 Å². The molecule has 2 unspecified atom stereocenters. The maximum Gasteiger partial charge on any atom is 0.232 e. The quantitative estimate of drug-likeness (QED) is 0.831. The van der Waals surface area contributed by atoms with E-state index in [1.54, 1.807) is 18.0 Å². The molecule has 0 bridgehead atoms. The molecule has 0 aliphatic carbocycles. The predicted molar refractivity (Wildman–Crippen MR) is 104 cm³/mol. The summed E-state index contributed by atoms with van der Waals surface area (Å²) in [6.45, 7) is 3.55. The highest BCUT2D eigenvalue weighted by Gasteiger charge is 2.31. The monoisotopic (exact) mass is 381 g/mol. The number of benzene rings is 1. The van der Waals surface area contributed by atoms with Gasteiger partial charge >= 0.3 is 0 Å². The van der Waals surface area contributed by atoms with Gasteiger partial charge in [0.25, 0.3) is 0 Å². The van der Waals surface area contributed by atoms with Crippen LogP contribution in [-0.4, -0.2) is 40.7 Å². The SMILES string of the molecule is CC1CC(CN)CN1C(=O)CSCc1coc(-c2ccccc2)n1.Cl. The summed E-state index contributed by atoms with van der Waals surface area (Å²) in [5.41, 5.74) is 7.55. The van der Waals surface area contributed by atoms with Crippen molar-refractivity contribution in [2.75, 3.05) is 18.8 Å². The van der Waals surface area contributed by atoms with E-state index in [-0.39, 0.29) is 18.3 Å². The minimum atomic E-state index is 0. The second-order valence-corrected chi connectivity index (χ2v) is 7.22. The maximum absolute atomic E-state index is 12.4. The van der Waals surface area contributed by atoms with Crippen LogP contribution in [0.3, 0.4) is 0 Å². The average Bonchev–Trinajstić information content (AvgIpc) is 3.22. The van der Waals surface area contributed by atoms with Crippen LogP contribution in [0.4, 0.5) is 0 Å². The Hall–Kier alpha value is -1.50. The molecule has 2 heterocycles. The van der Waals surface area contributed by atoms with Crippen LogP contribution in [0.1, 0.15) is 19.0 Å². The molecular weight excluding hydrogens is 358 g/mol. The lowest BCUT2D eigenvalue weighted by molar-refractivity contribution is -0.128. The number of likely N-dealkylation sites (tertiary alicyclic amines) is 1. The Morgan fingerprint density at radius 1 is 1.40 bits per heavy atom. The number of halogens is 1. The molecule has 5 nitrogen and oxygen atoms in total. The fraction of sp³-hybridized carbons (Fsp3) is 0.444. The molecule has 25 heavy (non-hydrogen) atoms. The summed E-state index contributed by atoms with van der Waals surface area (Å²) in [5.74, 6) is 2.39. The molecule has 1 fully saturated rings. The Balaban J connectivity index is 0.00000225. The molecule has 1 aromatic carbocycles. The zero-order valence-electron chi connectivity index (χ0n) is 14.3. The number of carbonyl (C=O) groups excluding carboxylic acids is 1. The number of aromatic nitrogens is 1. The van der Waals surface area contributed by atoms with Gasteiger partial charge in [-0.25, -0.2) is 4.98 Å². The fourth-order valence-electron chi connectivity index (χ4n) is 3.07. The molecule has 1 saturated heterocycles. The van der Waals surface area contributed by atoms with Crippen molar-refractivity contribution >= 4 is 30.1 Å². The lowest BCUT2D eigenvalue weighted by Crippen LogP contribution is -2.35. The van der Waals surface area contributed by atoms with E-state index in [4.69, 9.17) is 10.2 Å². The van der Waals surface area contributed by atoms with E-state index in [1.807, 2.05) is 35.2 Å². The van der Waals surface area contributed by atoms with Crippen molar-refractivity contribution in [3.8, 4) is 11.5 Å². The van der Waals surface area contributed by atoms with Crippen molar-refractivity contribution in [3.05, 3.63) is 42.3 Å². The molecule has 3 rings (SSSR count). The summed E-state index contributed by atoms with van der Waals surface area (Å²) in [4.78, 5) is 18.8. The summed E-state index contributed by atoms with van der Waals surface area (Å²) in [6, 6.07) is 10.1. The van der Waals surface area contributed by atoms with Crippen LogP contribution < -0.4 is 5.73 Å². The third kappa shape index (κ3) is 5.00. The number of thioether (sulfide) groups is 1. The van der Waals surface area contributed by atoms with E-state index < -0.39 is 0 Å². The Bertz CT molecular complexity index is 680. The van der Waals surface area contributed by atoms with Crippen LogP contribution in [0.15, 0.2) is 41.0 Å². The average molecular weight is 382 g/mol. The fourth-order valence-corrected chi connectivity index (χ4v) is 3.86. The summed E-state index contributed by atoms with van der Waals surface area (Å²) in [6.07, 6.45) is 2.68. The Kier molecular flexibility index (Phi) is 7.35. The summed E-state index contributed by atoms with van der Waals surface area (Å²) in [7, 11) is 0. The standard InChI is InChI=1S/C18H23N3O2S.ClH/c1-13-7-14(8-19)9-21(13)17(22)12-24-11-16-10-23-18(20-16)15-5-3-2-4-6-15;/h2-6,10,13-14H,7-9,11-12,19H2,1H3;1H. The predicted octanol–water partition coefficient (Wildman–Crippen LogP) is 3.19. The highest BCUT2D eigenvalue weighted by Crippen LogP contribution is 2.24. The van der Waals surface area contributed by atoms with Gasteiger partial charge < -0.3 is 15.1 Å². The normalized spacial score (nSPS) is 19.7. The second-order valence-electron chi connectivity index (χ2n) is 6.24. The summed E-state index contributed by atoms with van der Waals surface area (Å²) < 4.78 is 5.52. The lowest BCUT2D eigenvalue weighted by Gasteiger charge is -2.21. The number of hydrogen-bond donors (Lipinski definition) is 1. The molecule has 1 aliphatic heterocycles. The molecule has 136 valence electrons. The Morgan fingerprint density at radius 3 is 2.84 bits per heavy atom. The lowest BCUT2D eigenvalue weighted by atomic mass is 10.1. The van der Waals surface area contributed by atoms with Crippen LogP contribution in [-0.2, 0) is 10.5 Å². The maximum atomic E-state index is 12.4. The zero-order chi connectivity index (χ0) is 16.9. The number of nitrogens with zero attached hydrogens (tertiary/aromatic N) is 2. The van der Waals surface area contributed by atoms with Gasteiger partial charge in [-0.3, -0.25) is 4.79 Å². The molecule has 1 aromatic heterocycles. The second kappa shape index (κ2) is 9.27. The molecule has 1 amide bonds. The number of oxazole rings is 1. The first-order valence-corrected chi connectivity index (χ1v) is 9.40. The number of amides is 1. The number of rotatable bonds is 6. The van der Waals surface area contributed by atoms with Crippen LogP contribution >= 0.6 is 24.2 Å². The highest BCUT2D eigenvalue weighted by molar-refractivity contribution is 7.99. The van der Waals surface area contributed by atoms with Gasteiger partial charge in [0.05, 0.1) is 11.4 Å². The molecule has 0 spiro atoms. The van der Waals surface area contributed by atoms with E-state index in [0.29, 0.717) is 35.9 Å². The van der Waals surface area contributed by atoms with Gasteiger partial charge in [-0.15, -0.1) is 24.2 Å². The van der Waals surface area contributed by atoms with E-state index in [0.717, 1.165) is 24.2 Å². The molecular formula is C18H24ClN3O2S. The van der Waals surface area contributed by atoms with Gasteiger partial charge in [0, 0.05) is 23.9 Å². The van der Waals surface area contributed by atoms with Crippen molar-refractivity contribution in [1.82, 2.24) is 9.88 Å². The van der Waals surface area contributed by atoms with Crippen molar-refractivity contribution in [2.45, 2.75) is 25.1 Å². The topological polar surface area (TPSA) is 72.4 Å².